The van der Waals surface area contributed by atoms with Gasteiger partial charge in [-0.05, 0) is 71.8 Å². The Labute approximate surface area is 149 Å². The van der Waals surface area contributed by atoms with Gasteiger partial charge in [-0.15, -0.1) is 0 Å². The number of halogens is 1. The van der Waals surface area contributed by atoms with E-state index in [1.54, 1.807) is 0 Å². The maximum absolute atomic E-state index is 12.3. The third kappa shape index (κ3) is 4.45. The summed E-state index contributed by atoms with van der Waals surface area (Å²) in [5.74, 6) is 0.677. The van der Waals surface area contributed by atoms with Crippen molar-refractivity contribution in [3.8, 4) is 5.75 Å². The summed E-state index contributed by atoms with van der Waals surface area (Å²) in [6, 6.07) is 14.9. The van der Waals surface area contributed by atoms with Gasteiger partial charge in [0.15, 0.2) is 0 Å². The number of ether oxygens (including phenoxy) is 2. The molecule has 1 N–H and O–H groups in total. The molecule has 1 amide bonds. The Bertz CT molecular complexity index is 666. The van der Waals surface area contributed by atoms with Crippen molar-refractivity contribution >= 4 is 34.2 Å². The lowest BCUT2D eigenvalue weighted by Gasteiger charge is -2.12. The van der Waals surface area contributed by atoms with Crippen LogP contribution < -0.4 is 10.1 Å². The molecular weight excluding hydrogens is 405 g/mol. The molecule has 0 bridgehead atoms. The third-order valence-electron chi connectivity index (χ3n) is 3.69. The van der Waals surface area contributed by atoms with Gasteiger partial charge in [0.25, 0.3) is 5.91 Å². The van der Waals surface area contributed by atoms with Crippen LogP contribution in [0.15, 0.2) is 48.5 Å². The molecule has 0 radical (unpaired) electrons. The fourth-order valence-electron chi connectivity index (χ4n) is 2.44. The van der Waals surface area contributed by atoms with E-state index in [2.05, 4.69) is 27.9 Å². The maximum atomic E-state index is 12.3. The lowest BCUT2D eigenvalue weighted by atomic mass is 10.2. The Balaban J connectivity index is 1.56. The zero-order valence-corrected chi connectivity index (χ0v) is 14.8. The second kappa shape index (κ2) is 7.79. The molecule has 3 rings (SSSR count). The van der Waals surface area contributed by atoms with Crippen LogP contribution in [-0.2, 0) is 4.74 Å². The number of benzene rings is 2. The van der Waals surface area contributed by atoms with Crippen molar-refractivity contribution in [1.29, 1.82) is 0 Å². The van der Waals surface area contributed by atoms with E-state index >= 15 is 0 Å². The molecule has 2 aromatic carbocycles. The van der Waals surface area contributed by atoms with Gasteiger partial charge in [0, 0.05) is 15.9 Å². The molecule has 0 aromatic heterocycles. The maximum Gasteiger partial charge on any atom is 0.256 e. The molecule has 5 heteroatoms. The zero-order valence-electron chi connectivity index (χ0n) is 12.6. The molecule has 23 heavy (non-hydrogen) atoms. The molecule has 120 valence electrons. The molecule has 1 aliphatic rings. The summed E-state index contributed by atoms with van der Waals surface area (Å²) in [7, 11) is 0. The fraction of sp³-hybridized carbons (Fsp3) is 0.278. The van der Waals surface area contributed by atoms with Crippen molar-refractivity contribution in [1.82, 2.24) is 0 Å². The van der Waals surface area contributed by atoms with Crippen LogP contribution >= 0.6 is 22.6 Å². The summed E-state index contributed by atoms with van der Waals surface area (Å²) in [5.41, 5.74) is 1.42. The predicted octanol–water partition coefficient (Wildman–Crippen LogP) is 4.10. The van der Waals surface area contributed by atoms with Gasteiger partial charge in [-0.3, -0.25) is 4.79 Å². The SMILES string of the molecule is O=C(Nc1ccc(OCC2CCCO2)cc1)c1ccccc1I. The minimum absolute atomic E-state index is 0.108. The molecule has 2 aromatic rings. The second-order valence-electron chi connectivity index (χ2n) is 5.40. The van der Waals surface area contributed by atoms with Gasteiger partial charge in [0.1, 0.15) is 12.4 Å². The Morgan fingerprint density at radius 3 is 2.70 bits per heavy atom. The number of carbonyl (C=O) groups excluding carboxylic acids is 1. The van der Waals surface area contributed by atoms with Crippen LogP contribution in [0.3, 0.4) is 0 Å². The van der Waals surface area contributed by atoms with Crippen molar-refractivity contribution in [2.45, 2.75) is 18.9 Å². The summed E-state index contributed by atoms with van der Waals surface area (Å²) in [5, 5.41) is 2.90. The van der Waals surface area contributed by atoms with E-state index in [1.807, 2.05) is 48.5 Å². The number of rotatable bonds is 5. The first-order valence-corrected chi connectivity index (χ1v) is 8.70. The normalized spacial score (nSPS) is 17.0. The van der Waals surface area contributed by atoms with E-state index in [0.717, 1.165) is 34.5 Å². The highest BCUT2D eigenvalue weighted by Gasteiger charge is 2.16. The quantitative estimate of drug-likeness (QED) is 0.737. The summed E-state index contributed by atoms with van der Waals surface area (Å²) < 4.78 is 12.2. The van der Waals surface area contributed by atoms with E-state index in [0.29, 0.717) is 12.2 Å². The largest absolute Gasteiger partial charge is 0.491 e. The number of hydrogen-bond donors (Lipinski definition) is 1. The molecule has 0 aliphatic carbocycles. The highest BCUT2D eigenvalue weighted by atomic mass is 127. The monoisotopic (exact) mass is 423 g/mol. The number of hydrogen-bond acceptors (Lipinski definition) is 3. The number of amides is 1. The second-order valence-corrected chi connectivity index (χ2v) is 6.57. The third-order valence-corrected chi connectivity index (χ3v) is 4.63. The average molecular weight is 423 g/mol. The van der Waals surface area contributed by atoms with Gasteiger partial charge >= 0.3 is 0 Å². The molecule has 4 nitrogen and oxygen atoms in total. The van der Waals surface area contributed by atoms with Crippen LogP contribution in [0.1, 0.15) is 23.2 Å². The van der Waals surface area contributed by atoms with Crippen molar-refractivity contribution in [2.75, 3.05) is 18.5 Å². The number of nitrogens with one attached hydrogen (secondary N) is 1. The van der Waals surface area contributed by atoms with Gasteiger partial charge in [-0.25, -0.2) is 0 Å². The minimum Gasteiger partial charge on any atom is -0.491 e. The Morgan fingerprint density at radius 1 is 1.22 bits per heavy atom. The van der Waals surface area contributed by atoms with Crippen molar-refractivity contribution in [3.05, 3.63) is 57.7 Å². The Morgan fingerprint density at radius 2 is 2.00 bits per heavy atom. The van der Waals surface area contributed by atoms with Crippen LogP contribution in [0, 0.1) is 3.57 Å². The standard InChI is InChI=1S/C18H18INO3/c19-17-6-2-1-5-16(17)18(21)20-13-7-9-14(10-8-13)23-12-15-4-3-11-22-15/h1-2,5-10,15H,3-4,11-12H2,(H,20,21). The fourth-order valence-corrected chi connectivity index (χ4v) is 3.08. The van der Waals surface area contributed by atoms with Crippen LogP contribution in [0.25, 0.3) is 0 Å². The van der Waals surface area contributed by atoms with Gasteiger partial charge in [0.2, 0.25) is 0 Å². The average Bonchev–Trinajstić information content (AvgIpc) is 3.08. The molecular formula is C18H18INO3. The van der Waals surface area contributed by atoms with Crippen LogP contribution in [0.4, 0.5) is 5.69 Å². The number of carbonyl (C=O) groups is 1. The highest BCUT2D eigenvalue weighted by Crippen LogP contribution is 2.20. The molecule has 1 fully saturated rings. The Kier molecular flexibility index (Phi) is 5.51. The lowest BCUT2D eigenvalue weighted by molar-refractivity contribution is 0.0679. The molecule has 1 saturated heterocycles. The first-order chi connectivity index (χ1) is 11.2. The molecule has 0 saturated carbocycles. The van der Waals surface area contributed by atoms with E-state index in [9.17, 15) is 4.79 Å². The highest BCUT2D eigenvalue weighted by molar-refractivity contribution is 14.1. The van der Waals surface area contributed by atoms with Crippen LogP contribution in [0.2, 0.25) is 0 Å². The number of anilines is 1. The summed E-state index contributed by atoms with van der Waals surface area (Å²) in [6.07, 6.45) is 2.37. The summed E-state index contributed by atoms with van der Waals surface area (Å²) >= 11 is 2.16. The van der Waals surface area contributed by atoms with Crippen LogP contribution in [-0.4, -0.2) is 25.2 Å². The van der Waals surface area contributed by atoms with Crippen molar-refractivity contribution < 1.29 is 14.3 Å². The van der Waals surface area contributed by atoms with Crippen molar-refractivity contribution in [3.63, 3.8) is 0 Å². The molecule has 1 heterocycles. The smallest absolute Gasteiger partial charge is 0.256 e. The summed E-state index contributed by atoms with van der Waals surface area (Å²) in [4.78, 5) is 12.3. The Hall–Kier alpha value is -1.60. The summed E-state index contributed by atoms with van der Waals surface area (Å²) in [6.45, 7) is 1.41. The molecule has 1 aliphatic heterocycles. The van der Waals surface area contributed by atoms with Gasteiger partial charge < -0.3 is 14.8 Å². The lowest BCUT2D eigenvalue weighted by Crippen LogP contribution is -2.16. The van der Waals surface area contributed by atoms with Crippen molar-refractivity contribution in [2.24, 2.45) is 0 Å². The zero-order chi connectivity index (χ0) is 16.1. The molecule has 1 unspecified atom stereocenters. The molecule has 0 spiro atoms. The van der Waals surface area contributed by atoms with E-state index in [1.165, 1.54) is 0 Å². The van der Waals surface area contributed by atoms with Gasteiger partial charge in [-0.2, -0.15) is 0 Å². The van der Waals surface area contributed by atoms with E-state index in [4.69, 9.17) is 9.47 Å². The van der Waals surface area contributed by atoms with E-state index in [-0.39, 0.29) is 12.0 Å². The van der Waals surface area contributed by atoms with Gasteiger partial charge in [0.05, 0.1) is 11.7 Å². The van der Waals surface area contributed by atoms with E-state index < -0.39 is 0 Å². The van der Waals surface area contributed by atoms with Gasteiger partial charge in [-0.1, -0.05) is 12.1 Å². The first kappa shape index (κ1) is 16.3. The predicted molar refractivity (Wildman–Crippen MR) is 98.0 cm³/mol. The molecule has 1 atom stereocenters. The first-order valence-electron chi connectivity index (χ1n) is 7.63. The topological polar surface area (TPSA) is 47.6 Å². The van der Waals surface area contributed by atoms with Crippen LogP contribution in [0.5, 0.6) is 5.75 Å². The minimum atomic E-state index is -0.108.